The highest BCUT2D eigenvalue weighted by Gasteiger charge is 2.17. The van der Waals surface area contributed by atoms with Gasteiger partial charge in [0.15, 0.2) is 0 Å². The van der Waals surface area contributed by atoms with E-state index < -0.39 is 11.9 Å². The molecule has 0 aromatic heterocycles. The van der Waals surface area contributed by atoms with E-state index in [-0.39, 0.29) is 16.9 Å². The molecular formula is C12H15NO4. The fourth-order valence-electron chi connectivity index (χ4n) is 1.46. The molecule has 1 rings (SSSR count). The number of hydrogen-bond donors (Lipinski definition) is 2. The van der Waals surface area contributed by atoms with Gasteiger partial charge in [0.05, 0.1) is 18.2 Å². The minimum Gasteiger partial charge on any atom is -0.507 e. The van der Waals surface area contributed by atoms with Crippen LogP contribution < -0.4 is 5.32 Å². The first kappa shape index (κ1) is 13.0. The summed E-state index contributed by atoms with van der Waals surface area (Å²) < 4.78 is 4.60. The topological polar surface area (TPSA) is 75.6 Å². The molecule has 0 aliphatic rings. The van der Waals surface area contributed by atoms with Crippen molar-refractivity contribution in [3.63, 3.8) is 0 Å². The number of carbonyl (C=O) groups excluding carboxylic acids is 2. The summed E-state index contributed by atoms with van der Waals surface area (Å²) in [5.74, 6) is -1.11. The molecule has 0 fully saturated rings. The van der Waals surface area contributed by atoms with E-state index in [1.807, 2.05) is 0 Å². The van der Waals surface area contributed by atoms with Crippen molar-refractivity contribution in [1.29, 1.82) is 0 Å². The zero-order valence-electron chi connectivity index (χ0n) is 10.0. The summed E-state index contributed by atoms with van der Waals surface area (Å²) in [5, 5.41) is 12.2. The average Bonchev–Trinajstić information content (AvgIpc) is 2.28. The summed E-state index contributed by atoms with van der Waals surface area (Å²) in [5.41, 5.74) is 0.895. The number of benzene rings is 1. The molecule has 0 saturated heterocycles. The van der Waals surface area contributed by atoms with Gasteiger partial charge in [-0.2, -0.15) is 0 Å². The van der Waals surface area contributed by atoms with Gasteiger partial charge in [-0.25, -0.2) is 4.79 Å². The zero-order chi connectivity index (χ0) is 13.0. The number of esters is 1. The Hall–Kier alpha value is -2.04. The van der Waals surface area contributed by atoms with Crippen molar-refractivity contribution in [1.82, 2.24) is 5.32 Å². The van der Waals surface area contributed by atoms with Gasteiger partial charge in [0.2, 0.25) is 0 Å². The second-order valence-corrected chi connectivity index (χ2v) is 3.54. The Morgan fingerprint density at radius 3 is 2.53 bits per heavy atom. The van der Waals surface area contributed by atoms with Gasteiger partial charge in [0.1, 0.15) is 5.75 Å². The third-order valence-electron chi connectivity index (χ3n) is 2.33. The van der Waals surface area contributed by atoms with Gasteiger partial charge < -0.3 is 15.2 Å². The molecule has 1 aromatic carbocycles. The Labute approximate surface area is 99.4 Å². The van der Waals surface area contributed by atoms with Crippen molar-refractivity contribution in [2.24, 2.45) is 0 Å². The van der Waals surface area contributed by atoms with E-state index in [1.165, 1.54) is 19.2 Å². The maximum absolute atomic E-state index is 11.6. The number of carbonyl (C=O) groups is 2. The smallest absolute Gasteiger partial charge is 0.338 e. The molecule has 0 heterocycles. The number of aromatic hydroxyl groups is 1. The molecule has 1 aromatic rings. The monoisotopic (exact) mass is 237 g/mol. The van der Waals surface area contributed by atoms with Crippen LogP contribution in [0, 0.1) is 6.92 Å². The van der Waals surface area contributed by atoms with Crippen molar-refractivity contribution in [3.8, 4) is 5.75 Å². The van der Waals surface area contributed by atoms with Gasteiger partial charge in [0, 0.05) is 6.54 Å². The Kier molecular flexibility index (Phi) is 4.09. The van der Waals surface area contributed by atoms with E-state index >= 15 is 0 Å². The third-order valence-corrected chi connectivity index (χ3v) is 2.33. The molecule has 2 N–H and O–H groups in total. The lowest BCUT2D eigenvalue weighted by molar-refractivity contribution is 0.0600. The van der Waals surface area contributed by atoms with Crippen LogP contribution in [0.1, 0.15) is 33.2 Å². The molecule has 0 atom stereocenters. The fourth-order valence-corrected chi connectivity index (χ4v) is 1.46. The van der Waals surface area contributed by atoms with E-state index in [1.54, 1.807) is 13.8 Å². The normalized spacial score (nSPS) is 9.82. The van der Waals surface area contributed by atoms with Gasteiger partial charge in [-0.05, 0) is 31.5 Å². The van der Waals surface area contributed by atoms with Crippen molar-refractivity contribution >= 4 is 11.9 Å². The minimum atomic E-state index is -0.534. The van der Waals surface area contributed by atoms with Crippen molar-refractivity contribution < 1.29 is 19.4 Å². The number of ether oxygens (including phenoxy) is 1. The maximum Gasteiger partial charge on any atom is 0.338 e. The molecule has 0 spiro atoms. The predicted octanol–water partition coefficient (Wildman–Crippen LogP) is 1.24. The average molecular weight is 237 g/mol. The number of rotatable bonds is 3. The number of hydrogen-bond acceptors (Lipinski definition) is 4. The molecule has 5 nitrogen and oxygen atoms in total. The molecule has 1 amide bonds. The van der Waals surface area contributed by atoms with E-state index in [0.29, 0.717) is 12.1 Å². The summed E-state index contributed by atoms with van der Waals surface area (Å²) >= 11 is 0. The number of phenolic OH excluding ortho intramolecular Hbond substituents is 1. The first-order valence-electron chi connectivity index (χ1n) is 5.21. The highest BCUT2D eigenvalue weighted by Crippen LogP contribution is 2.22. The lowest BCUT2D eigenvalue weighted by Crippen LogP contribution is -2.23. The molecule has 5 heteroatoms. The highest BCUT2D eigenvalue weighted by atomic mass is 16.5. The Balaban J connectivity index is 3.23. The molecule has 0 bridgehead atoms. The number of amides is 1. The van der Waals surface area contributed by atoms with Crippen molar-refractivity contribution in [3.05, 3.63) is 28.8 Å². The van der Waals surface area contributed by atoms with Crippen LogP contribution in [-0.4, -0.2) is 30.6 Å². The first-order chi connectivity index (χ1) is 8.01. The van der Waals surface area contributed by atoms with Gasteiger partial charge in [-0.15, -0.1) is 0 Å². The molecule has 17 heavy (non-hydrogen) atoms. The van der Waals surface area contributed by atoms with Crippen LogP contribution in [-0.2, 0) is 4.74 Å². The van der Waals surface area contributed by atoms with Crippen LogP contribution in [0.15, 0.2) is 12.1 Å². The number of methoxy groups -OCH3 is 1. The molecular weight excluding hydrogens is 222 g/mol. The number of nitrogens with one attached hydrogen (secondary N) is 1. The highest BCUT2D eigenvalue weighted by molar-refractivity contribution is 6.00. The minimum absolute atomic E-state index is 0.0675. The lowest BCUT2D eigenvalue weighted by atomic mass is 10.0. The van der Waals surface area contributed by atoms with Gasteiger partial charge in [0.25, 0.3) is 5.91 Å². The molecule has 0 radical (unpaired) electrons. The first-order valence-corrected chi connectivity index (χ1v) is 5.21. The van der Waals surface area contributed by atoms with Gasteiger partial charge in [-0.3, -0.25) is 4.79 Å². The molecule has 0 unspecified atom stereocenters. The van der Waals surface area contributed by atoms with Crippen LogP contribution in [0.2, 0.25) is 0 Å². The largest absolute Gasteiger partial charge is 0.507 e. The van der Waals surface area contributed by atoms with Crippen LogP contribution in [0.5, 0.6) is 5.75 Å². The third kappa shape index (κ3) is 2.75. The van der Waals surface area contributed by atoms with Crippen molar-refractivity contribution in [2.75, 3.05) is 13.7 Å². The van der Waals surface area contributed by atoms with E-state index in [0.717, 1.165) is 0 Å². The van der Waals surface area contributed by atoms with Gasteiger partial charge >= 0.3 is 5.97 Å². The molecule has 92 valence electrons. The number of phenols is 1. The predicted molar refractivity (Wildman–Crippen MR) is 62.2 cm³/mol. The summed E-state index contributed by atoms with van der Waals surface area (Å²) in [6.45, 7) is 3.87. The van der Waals surface area contributed by atoms with E-state index in [9.17, 15) is 14.7 Å². The van der Waals surface area contributed by atoms with E-state index in [4.69, 9.17) is 0 Å². The van der Waals surface area contributed by atoms with E-state index in [2.05, 4.69) is 10.1 Å². The Bertz CT molecular complexity index is 454. The van der Waals surface area contributed by atoms with Crippen molar-refractivity contribution in [2.45, 2.75) is 13.8 Å². The standard InChI is InChI=1S/C12H15NO4/c1-4-13-11(15)9-6-8(12(16)17-3)7(2)5-10(9)14/h5-6,14H,4H2,1-3H3,(H,13,15). The second-order valence-electron chi connectivity index (χ2n) is 3.54. The molecule has 0 aliphatic heterocycles. The van der Waals surface area contributed by atoms with Crippen LogP contribution >= 0.6 is 0 Å². The summed E-state index contributed by atoms with van der Waals surface area (Å²) in [4.78, 5) is 23.1. The lowest BCUT2D eigenvalue weighted by Gasteiger charge is -2.09. The summed E-state index contributed by atoms with van der Waals surface area (Å²) in [7, 11) is 1.26. The SMILES string of the molecule is CCNC(=O)c1cc(C(=O)OC)c(C)cc1O. The molecule has 0 aliphatic carbocycles. The number of aryl methyl sites for hydroxylation is 1. The van der Waals surface area contributed by atoms with Crippen LogP contribution in [0.4, 0.5) is 0 Å². The fraction of sp³-hybridized carbons (Fsp3) is 0.333. The Morgan fingerprint density at radius 2 is 2.00 bits per heavy atom. The van der Waals surface area contributed by atoms with Gasteiger partial charge in [-0.1, -0.05) is 0 Å². The zero-order valence-corrected chi connectivity index (χ0v) is 10.0. The maximum atomic E-state index is 11.6. The summed E-state index contributed by atoms with van der Waals surface area (Å²) in [6, 6.07) is 2.71. The van der Waals surface area contributed by atoms with Crippen LogP contribution in [0.3, 0.4) is 0 Å². The van der Waals surface area contributed by atoms with Crippen LogP contribution in [0.25, 0.3) is 0 Å². The molecule has 0 saturated carbocycles. The Morgan fingerprint density at radius 1 is 1.35 bits per heavy atom. The summed E-state index contributed by atoms with van der Waals surface area (Å²) in [6.07, 6.45) is 0. The second kappa shape index (κ2) is 5.34. The quantitative estimate of drug-likeness (QED) is 0.775.